The Labute approximate surface area is 191 Å². The average Bonchev–Trinajstić information content (AvgIpc) is 3.16. The van der Waals surface area contributed by atoms with E-state index in [4.69, 9.17) is 0 Å². The van der Waals surface area contributed by atoms with Crippen molar-refractivity contribution in [2.24, 2.45) is 0 Å². The molecule has 2 N–H and O–H groups in total. The lowest BCUT2D eigenvalue weighted by Gasteiger charge is -2.29. The van der Waals surface area contributed by atoms with Gasteiger partial charge in [0.2, 0.25) is 0 Å². The second-order valence-corrected chi connectivity index (χ2v) is 8.31. The number of aromatic nitrogens is 2. The van der Waals surface area contributed by atoms with Crippen LogP contribution in [0.2, 0.25) is 0 Å². The summed E-state index contributed by atoms with van der Waals surface area (Å²) in [6.45, 7) is 14.6. The minimum Gasteiger partial charge on any atom is -0.369 e. The Morgan fingerprint density at radius 3 is 2.03 bits per heavy atom. The molecule has 0 amide bonds. The van der Waals surface area contributed by atoms with Gasteiger partial charge in [-0.05, 0) is 67.8 Å². The van der Waals surface area contributed by atoms with Crippen LogP contribution in [-0.4, -0.2) is 36.1 Å². The van der Waals surface area contributed by atoms with Gasteiger partial charge in [-0.2, -0.15) is 0 Å². The van der Waals surface area contributed by atoms with Gasteiger partial charge in [0, 0.05) is 65.4 Å². The van der Waals surface area contributed by atoms with E-state index in [1.54, 1.807) is 0 Å². The van der Waals surface area contributed by atoms with E-state index in [0.29, 0.717) is 0 Å². The number of pyridine rings is 1. The molecule has 0 aliphatic carbocycles. The van der Waals surface area contributed by atoms with Crippen LogP contribution < -0.4 is 10.2 Å². The molecule has 5 rings (SSSR count). The summed E-state index contributed by atoms with van der Waals surface area (Å²) in [5.41, 5.74) is 10.8. The van der Waals surface area contributed by atoms with Crippen molar-refractivity contribution < 1.29 is 0 Å². The molecule has 1 aliphatic heterocycles. The Balaban J connectivity index is 0.00000119. The molecule has 2 aromatic carbocycles. The van der Waals surface area contributed by atoms with E-state index in [1.807, 2.05) is 13.8 Å². The number of rotatable bonds is 3. The minimum absolute atomic E-state index is 1.05. The summed E-state index contributed by atoms with van der Waals surface area (Å²) in [5, 5.41) is 4.69. The predicted molar refractivity (Wildman–Crippen MR) is 138 cm³/mol. The first-order valence-corrected chi connectivity index (χ1v) is 11.7. The van der Waals surface area contributed by atoms with E-state index in [1.165, 1.54) is 44.5 Å². The number of hydrogen-bond acceptors (Lipinski definition) is 3. The SMILES string of the molecule is CC.Cc1cc(-c2[nH]c3cc(-c4ccc(N5CCNCC5)cc4)ccc3c2C)cc(C)n1. The predicted octanol–water partition coefficient (Wildman–Crippen LogP) is 6.26. The van der Waals surface area contributed by atoms with Gasteiger partial charge in [-0.15, -0.1) is 0 Å². The van der Waals surface area contributed by atoms with Crippen molar-refractivity contribution in [3.63, 3.8) is 0 Å². The van der Waals surface area contributed by atoms with Crippen LogP contribution in [0.15, 0.2) is 54.6 Å². The van der Waals surface area contributed by atoms with Crippen LogP contribution in [0.3, 0.4) is 0 Å². The van der Waals surface area contributed by atoms with E-state index in [2.05, 4.69) is 95.6 Å². The third-order valence-electron chi connectivity index (χ3n) is 6.11. The van der Waals surface area contributed by atoms with Crippen LogP contribution >= 0.6 is 0 Å². The molecule has 0 radical (unpaired) electrons. The number of aromatic amines is 1. The number of nitrogens with zero attached hydrogens (tertiary/aromatic N) is 2. The van der Waals surface area contributed by atoms with Gasteiger partial charge in [-0.1, -0.05) is 38.1 Å². The molecule has 32 heavy (non-hydrogen) atoms. The molecular formula is C28H34N4. The van der Waals surface area contributed by atoms with Gasteiger partial charge < -0.3 is 15.2 Å². The van der Waals surface area contributed by atoms with E-state index < -0.39 is 0 Å². The molecule has 2 aromatic heterocycles. The Morgan fingerprint density at radius 1 is 0.750 bits per heavy atom. The molecule has 0 spiro atoms. The van der Waals surface area contributed by atoms with Crippen molar-refractivity contribution in [2.45, 2.75) is 34.6 Å². The van der Waals surface area contributed by atoms with Gasteiger partial charge in [0.25, 0.3) is 0 Å². The molecule has 1 fully saturated rings. The Kier molecular flexibility index (Phi) is 6.61. The van der Waals surface area contributed by atoms with Crippen LogP contribution in [0.4, 0.5) is 5.69 Å². The van der Waals surface area contributed by atoms with Crippen molar-refractivity contribution in [1.29, 1.82) is 0 Å². The fourth-order valence-corrected chi connectivity index (χ4v) is 4.57. The summed E-state index contributed by atoms with van der Waals surface area (Å²) in [7, 11) is 0. The molecule has 4 aromatic rings. The summed E-state index contributed by atoms with van der Waals surface area (Å²) in [4.78, 5) is 10.6. The first kappa shape index (κ1) is 22.1. The van der Waals surface area contributed by atoms with Gasteiger partial charge >= 0.3 is 0 Å². The fraction of sp³-hybridized carbons (Fsp3) is 0.321. The summed E-state index contributed by atoms with van der Waals surface area (Å²) in [6.07, 6.45) is 0. The van der Waals surface area contributed by atoms with E-state index >= 15 is 0 Å². The first-order valence-electron chi connectivity index (χ1n) is 11.7. The van der Waals surface area contributed by atoms with Crippen molar-refractivity contribution in [3.05, 3.63) is 71.5 Å². The smallest absolute Gasteiger partial charge is 0.0495 e. The zero-order chi connectivity index (χ0) is 22.7. The highest BCUT2D eigenvalue weighted by atomic mass is 15.2. The molecule has 0 saturated carbocycles. The van der Waals surface area contributed by atoms with Crippen molar-refractivity contribution in [3.8, 4) is 22.4 Å². The highest BCUT2D eigenvalue weighted by Crippen LogP contribution is 2.33. The number of piperazine rings is 1. The maximum absolute atomic E-state index is 4.52. The molecule has 166 valence electrons. The third-order valence-corrected chi connectivity index (χ3v) is 6.11. The fourth-order valence-electron chi connectivity index (χ4n) is 4.57. The quantitative estimate of drug-likeness (QED) is 0.406. The normalized spacial score (nSPS) is 13.7. The van der Waals surface area contributed by atoms with Crippen LogP contribution in [0.25, 0.3) is 33.3 Å². The van der Waals surface area contributed by atoms with Gasteiger partial charge in [0.1, 0.15) is 0 Å². The topological polar surface area (TPSA) is 44.0 Å². The van der Waals surface area contributed by atoms with E-state index in [0.717, 1.165) is 37.6 Å². The summed E-state index contributed by atoms with van der Waals surface area (Å²) in [5.74, 6) is 0. The largest absolute Gasteiger partial charge is 0.369 e. The van der Waals surface area contributed by atoms with E-state index in [9.17, 15) is 0 Å². The molecule has 0 unspecified atom stereocenters. The number of H-pyrrole nitrogens is 1. The standard InChI is InChI=1S/C26H28N4.C2H6/c1-17-14-22(15-18(2)28-17)26-19(3)24-9-6-21(16-25(24)29-26)20-4-7-23(8-5-20)30-12-10-27-11-13-30;1-2/h4-9,14-16,27,29H,10-13H2,1-3H3;1-2H3. The van der Waals surface area contributed by atoms with Gasteiger partial charge in [0.05, 0.1) is 0 Å². The monoisotopic (exact) mass is 426 g/mol. The lowest BCUT2D eigenvalue weighted by molar-refractivity contribution is 0.589. The minimum atomic E-state index is 1.05. The third kappa shape index (κ3) is 4.42. The van der Waals surface area contributed by atoms with E-state index in [-0.39, 0.29) is 0 Å². The highest BCUT2D eigenvalue weighted by Gasteiger charge is 2.13. The zero-order valence-electron chi connectivity index (χ0n) is 19.9. The van der Waals surface area contributed by atoms with Crippen molar-refractivity contribution >= 4 is 16.6 Å². The molecule has 3 heterocycles. The van der Waals surface area contributed by atoms with Crippen LogP contribution in [0.1, 0.15) is 30.8 Å². The Hall–Kier alpha value is -3.11. The van der Waals surface area contributed by atoms with Crippen molar-refractivity contribution in [2.75, 3.05) is 31.1 Å². The molecule has 1 aliphatic rings. The molecule has 4 nitrogen and oxygen atoms in total. The number of aryl methyl sites for hydroxylation is 3. The zero-order valence-corrected chi connectivity index (χ0v) is 19.9. The number of hydrogen-bond donors (Lipinski definition) is 2. The van der Waals surface area contributed by atoms with Crippen molar-refractivity contribution in [1.82, 2.24) is 15.3 Å². The molecule has 0 bridgehead atoms. The number of fused-ring (bicyclic) bond motifs is 1. The number of anilines is 1. The van der Waals surface area contributed by atoms with Crippen LogP contribution in [-0.2, 0) is 0 Å². The van der Waals surface area contributed by atoms with Gasteiger partial charge in [-0.3, -0.25) is 4.98 Å². The van der Waals surface area contributed by atoms with Crippen LogP contribution in [0, 0.1) is 20.8 Å². The van der Waals surface area contributed by atoms with Gasteiger partial charge in [-0.25, -0.2) is 0 Å². The second kappa shape index (κ2) is 9.58. The first-order chi connectivity index (χ1) is 15.6. The summed E-state index contributed by atoms with van der Waals surface area (Å²) >= 11 is 0. The Morgan fingerprint density at radius 2 is 1.38 bits per heavy atom. The molecular weight excluding hydrogens is 392 g/mol. The molecule has 0 atom stereocenters. The average molecular weight is 427 g/mol. The van der Waals surface area contributed by atoms with Gasteiger partial charge in [0.15, 0.2) is 0 Å². The number of nitrogens with one attached hydrogen (secondary N) is 2. The maximum Gasteiger partial charge on any atom is 0.0495 e. The maximum atomic E-state index is 4.52. The van der Waals surface area contributed by atoms with Crippen LogP contribution in [0.5, 0.6) is 0 Å². The number of benzene rings is 2. The summed E-state index contributed by atoms with van der Waals surface area (Å²) < 4.78 is 0. The summed E-state index contributed by atoms with van der Waals surface area (Å²) in [6, 6.07) is 20.0. The lowest BCUT2D eigenvalue weighted by Crippen LogP contribution is -2.43. The molecule has 1 saturated heterocycles. The Bertz CT molecular complexity index is 1180. The lowest BCUT2D eigenvalue weighted by atomic mass is 10.0. The molecule has 4 heteroatoms. The second-order valence-electron chi connectivity index (χ2n) is 8.31. The highest BCUT2D eigenvalue weighted by molar-refractivity contribution is 5.93.